The van der Waals surface area contributed by atoms with Crippen LogP contribution in [0.1, 0.15) is 75.1 Å². The molecule has 0 aliphatic heterocycles. The van der Waals surface area contributed by atoms with Gasteiger partial charge in [0.1, 0.15) is 5.75 Å². The van der Waals surface area contributed by atoms with Crippen molar-refractivity contribution in [2.24, 2.45) is 17.5 Å². The van der Waals surface area contributed by atoms with E-state index in [1.165, 1.54) is 43.5 Å². The molecule has 9 heteroatoms. The maximum Gasteiger partial charge on any atom is 0.263 e. The molecule has 2 aromatic rings. The van der Waals surface area contributed by atoms with Crippen LogP contribution in [0.25, 0.3) is 5.70 Å². The first kappa shape index (κ1) is 23.4. The average Bonchev–Trinajstić information content (AvgIpc) is 3.22. The van der Waals surface area contributed by atoms with Gasteiger partial charge in [0.2, 0.25) is 5.89 Å². The van der Waals surface area contributed by atoms with E-state index >= 15 is 0 Å². The molecular weight excluding hydrogens is 418 g/mol. The number of pyridine rings is 1. The molecule has 0 unspecified atom stereocenters. The molecule has 9 nitrogen and oxygen atoms in total. The molecule has 2 fully saturated rings. The summed E-state index contributed by atoms with van der Waals surface area (Å²) in [4.78, 5) is 9.13. The highest BCUT2D eigenvalue weighted by Gasteiger charge is 2.20. The number of aryl methyl sites for hydroxylation is 2. The van der Waals surface area contributed by atoms with E-state index in [9.17, 15) is 0 Å². The van der Waals surface area contributed by atoms with Crippen molar-refractivity contribution >= 4 is 11.6 Å². The van der Waals surface area contributed by atoms with Gasteiger partial charge in [-0.1, -0.05) is 25.7 Å². The topological polar surface area (TPSA) is 128 Å². The fraction of sp³-hybridized carbons (Fsp3) is 0.625. The Labute approximate surface area is 195 Å². The van der Waals surface area contributed by atoms with Crippen molar-refractivity contribution < 1.29 is 9.26 Å². The highest BCUT2D eigenvalue weighted by atomic mass is 16.5. The molecule has 0 atom stereocenters. The molecule has 0 saturated heterocycles. The molecule has 0 amide bonds. The predicted molar refractivity (Wildman–Crippen MR) is 128 cm³/mol. The Kier molecular flexibility index (Phi) is 7.69. The van der Waals surface area contributed by atoms with E-state index in [1.54, 1.807) is 7.05 Å². The zero-order chi connectivity index (χ0) is 23.2. The number of hydrogen-bond acceptors (Lipinski definition) is 9. The second kappa shape index (κ2) is 10.9. The Balaban J connectivity index is 1.39. The minimum Gasteiger partial charge on any atom is -0.489 e. The Morgan fingerprint density at radius 2 is 1.94 bits per heavy atom. The fourth-order valence-corrected chi connectivity index (χ4v) is 4.44. The summed E-state index contributed by atoms with van der Waals surface area (Å²) in [6, 6.07) is 3.84. The van der Waals surface area contributed by atoms with Crippen LogP contribution in [-0.2, 0) is 6.42 Å². The monoisotopic (exact) mass is 455 g/mol. The van der Waals surface area contributed by atoms with E-state index < -0.39 is 0 Å². The average molecular weight is 456 g/mol. The van der Waals surface area contributed by atoms with Gasteiger partial charge in [-0.25, -0.2) is 10.8 Å². The van der Waals surface area contributed by atoms with Gasteiger partial charge < -0.3 is 25.3 Å². The third kappa shape index (κ3) is 6.16. The molecule has 2 aromatic heterocycles. The number of aromatic nitrogens is 3. The molecular formula is C24H37N7O2. The highest BCUT2D eigenvalue weighted by molar-refractivity contribution is 5.64. The molecule has 4 rings (SSSR count). The predicted octanol–water partition coefficient (Wildman–Crippen LogP) is 3.76. The van der Waals surface area contributed by atoms with E-state index in [0.29, 0.717) is 35.5 Å². The summed E-state index contributed by atoms with van der Waals surface area (Å²) in [6.07, 6.45) is 12.1. The molecule has 2 aliphatic carbocycles. The fourth-order valence-electron chi connectivity index (χ4n) is 4.44. The van der Waals surface area contributed by atoms with Crippen molar-refractivity contribution in [2.45, 2.75) is 77.2 Å². The minimum absolute atomic E-state index is 0.279. The molecule has 2 aliphatic rings. The maximum atomic E-state index is 6.47. The Morgan fingerprint density at radius 1 is 1.15 bits per heavy atom. The quantitative estimate of drug-likeness (QED) is 0.362. The number of nitrogens with two attached hydrogens (primary N) is 2. The molecule has 180 valence electrons. The van der Waals surface area contributed by atoms with Crippen LogP contribution in [-0.4, -0.2) is 39.8 Å². The van der Waals surface area contributed by atoms with Crippen molar-refractivity contribution in [3.05, 3.63) is 35.1 Å². The number of anilines is 1. The van der Waals surface area contributed by atoms with Crippen LogP contribution < -0.4 is 21.6 Å². The minimum atomic E-state index is 0.279. The van der Waals surface area contributed by atoms with Crippen molar-refractivity contribution in [1.29, 1.82) is 0 Å². The third-order valence-corrected chi connectivity index (χ3v) is 6.77. The summed E-state index contributed by atoms with van der Waals surface area (Å²) in [5.74, 6) is 8.80. The molecule has 0 spiro atoms. The molecule has 2 saturated carbocycles. The van der Waals surface area contributed by atoms with Gasteiger partial charge in [-0.15, -0.1) is 0 Å². The van der Waals surface area contributed by atoms with Crippen LogP contribution in [0.2, 0.25) is 0 Å². The molecule has 0 bridgehead atoms. The lowest BCUT2D eigenvalue weighted by atomic mass is 9.82. The summed E-state index contributed by atoms with van der Waals surface area (Å²) < 4.78 is 11.6. The van der Waals surface area contributed by atoms with Gasteiger partial charge in [0, 0.05) is 13.5 Å². The molecule has 0 aromatic carbocycles. The van der Waals surface area contributed by atoms with E-state index in [-0.39, 0.29) is 6.10 Å². The van der Waals surface area contributed by atoms with Gasteiger partial charge in [-0.2, -0.15) is 4.98 Å². The second-order valence-corrected chi connectivity index (χ2v) is 9.33. The van der Waals surface area contributed by atoms with Crippen LogP contribution in [0, 0.1) is 12.8 Å². The van der Waals surface area contributed by atoms with Gasteiger partial charge in [0.15, 0.2) is 0 Å². The third-order valence-electron chi connectivity index (χ3n) is 6.77. The second-order valence-electron chi connectivity index (χ2n) is 9.33. The maximum absolute atomic E-state index is 6.47. The number of likely N-dealkylation sites (N-methyl/N-ethyl adjacent to an activating group) is 1. The Bertz CT molecular complexity index is 946. The van der Waals surface area contributed by atoms with Crippen LogP contribution in [0.15, 0.2) is 22.4 Å². The summed E-state index contributed by atoms with van der Waals surface area (Å²) >= 11 is 0. The van der Waals surface area contributed by atoms with Crippen LogP contribution in [0.4, 0.5) is 5.95 Å². The van der Waals surface area contributed by atoms with Gasteiger partial charge in [-0.3, -0.25) is 0 Å². The molecule has 5 N–H and O–H groups in total. The van der Waals surface area contributed by atoms with E-state index in [4.69, 9.17) is 20.8 Å². The summed E-state index contributed by atoms with van der Waals surface area (Å²) in [6.45, 7) is 2.30. The SMILES string of the molecule is Cc1nc(/C(N)=C(\CNc2noc(CCC3CCC3)n2)N(C)N)ccc1OC1CCCCC1. The van der Waals surface area contributed by atoms with Crippen LogP contribution in [0.3, 0.4) is 0 Å². The van der Waals surface area contributed by atoms with E-state index in [2.05, 4.69) is 20.4 Å². The zero-order valence-electron chi connectivity index (χ0n) is 19.8. The molecule has 2 heterocycles. The first-order valence-electron chi connectivity index (χ1n) is 12.2. The standard InChI is InChI=1S/C24H37N7O2/c1-16-21(32-18-9-4-3-5-10-18)13-12-19(28-16)23(25)20(31(2)26)15-27-24-29-22(33-30-24)14-11-17-7-6-8-17/h12-13,17-18H,3-11,14-15,25-26H2,1-2H3,(H,27,30)/b23-20-. The van der Waals surface area contributed by atoms with Crippen molar-refractivity contribution in [3.8, 4) is 5.75 Å². The van der Waals surface area contributed by atoms with Crippen LogP contribution in [0.5, 0.6) is 5.75 Å². The van der Waals surface area contributed by atoms with Crippen molar-refractivity contribution in [2.75, 3.05) is 18.9 Å². The summed E-state index contributed by atoms with van der Waals surface area (Å²) in [5, 5.41) is 8.68. The number of rotatable bonds is 10. The van der Waals surface area contributed by atoms with Crippen molar-refractivity contribution in [3.63, 3.8) is 0 Å². The number of nitrogens with one attached hydrogen (secondary N) is 1. The first-order valence-corrected chi connectivity index (χ1v) is 12.2. The van der Waals surface area contributed by atoms with E-state index in [1.807, 2.05) is 19.1 Å². The number of nitrogens with zero attached hydrogens (tertiary/aromatic N) is 4. The normalized spacial score (nSPS) is 17.9. The van der Waals surface area contributed by atoms with E-state index in [0.717, 1.165) is 43.0 Å². The largest absolute Gasteiger partial charge is 0.489 e. The van der Waals surface area contributed by atoms with Gasteiger partial charge >= 0.3 is 0 Å². The Hall–Kier alpha value is -2.81. The first-order chi connectivity index (χ1) is 16.0. The Morgan fingerprint density at radius 3 is 2.61 bits per heavy atom. The molecule has 0 radical (unpaired) electrons. The molecule has 33 heavy (non-hydrogen) atoms. The number of hydrogen-bond donors (Lipinski definition) is 3. The lowest BCUT2D eigenvalue weighted by Gasteiger charge is -2.24. The van der Waals surface area contributed by atoms with Gasteiger partial charge in [0.25, 0.3) is 5.95 Å². The number of ether oxygens (including phenoxy) is 1. The number of hydrazine groups is 1. The lowest BCUT2D eigenvalue weighted by Crippen LogP contribution is -2.32. The smallest absolute Gasteiger partial charge is 0.263 e. The lowest BCUT2D eigenvalue weighted by molar-refractivity contribution is 0.153. The summed E-state index contributed by atoms with van der Waals surface area (Å²) in [7, 11) is 1.75. The van der Waals surface area contributed by atoms with Crippen molar-refractivity contribution in [1.82, 2.24) is 20.1 Å². The summed E-state index contributed by atoms with van der Waals surface area (Å²) in [5.41, 5.74) is 9.12. The van der Waals surface area contributed by atoms with Gasteiger partial charge in [-0.05, 0) is 62.2 Å². The van der Waals surface area contributed by atoms with Crippen LogP contribution >= 0.6 is 0 Å². The zero-order valence-corrected chi connectivity index (χ0v) is 19.8. The van der Waals surface area contributed by atoms with Gasteiger partial charge in [0.05, 0.1) is 35.4 Å². The highest BCUT2D eigenvalue weighted by Crippen LogP contribution is 2.30.